The maximum atomic E-state index is 11.1. The molecule has 1 aromatic carbocycles. The van der Waals surface area contributed by atoms with E-state index in [1.165, 1.54) is 6.07 Å². The molecule has 2 atom stereocenters. The van der Waals surface area contributed by atoms with Crippen molar-refractivity contribution < 1.29 is 15.0 Å². The van der Waals surface area contributed by atoms with E-state index in [9.17, 15) is 15.2 Å². The SMILES string of the molecule is N#CC(c1cc(Cl)ccc1O)N1CCCC(C(=O)O)C1. The molecule has 0 saturated carbocycles. The van der Waals surface area contributed by atoms with Gasteiger partial charge in [0.25, 0.3) is 0 Å². The quantitative estimate of drug-likeness (QED) is 0.894. The van der Waals surface area contributed by atoms with E-state index in [1.54, 1.807) is 17.0 Å². The smallest absolute Gasteiger partial charge is 0.307 e. The predicted octanol–water partition coefficient (Wildman–Crippen LogP) is 2.41. The summed E-state index contributed by atoms with van der Waals surface area (Å²) in [5.41, 5.74) is 0.422. The van der Waals surface area contributed by atoms with Crippen molar-refractivity contribution in [2.75, 3.05) is 13.1 Å². The molecule has 2 unspecified atom stereocenters. The Labute approximate surface area is 122 Å². The molecule has 0 radical (unpaired) electrons. The Balaban J connectivity index is 2.26. The summed E-state index contributed by atoms with van der Waals surface area (Å²) in [6.45, 7) is 0.938. The summed E-state index contributed by atoms with van der Waals surface area (Å²) >= 11 is 5.90. The molecule has 1 aromatic rings. The maximum absolute atomic E-state index is 11.1. The third-order valence-corrected chi connectivity index (χ3v) is 3.81. The number of benzene rings is 1. The van der Waals surface area contributed by atoms with Gasteiger partial charge < -0.3 is 10.2 Å². The zero-order chi connectivity index (χ0) is 14.7. The molecule has 1 fully saturated rings. The van der Waals surface area contributed by atoms with E-state index in [0.29, 0.717) is 30.1 Å². The van der Waals surface area contributed by atoms with Crippen molar-refractivity contribution in [3.8, 4) is 11.8 Å². The summed E-state index contributed by atoms with van der Waals surface area (Å²) < 4.78 is 0. The van der Waals surface area contributed by atoms with Crippen molar-refractivity contribution in [3.05, 3.63) is 28.8 Å². The molecule has 0 aliphatic carbocycles. The fourth-order valence-electron chi connectivity index (χ4n) is 2.53. The number of hydrogen-bond donors (Lipinski definition) is 2. The van der Waals surface area contributed by atoms with Gasteiger partial charge in [0.2, 0.25) is 0 Å². The molecule has 1 aliphatic rings. The number of nitriles is 1. The Bertz CT molecular complexity index is 556. The average molecular weight is 295 g/mol. The van der Waals surface area contributed by atoms with Gasteiger partial charge in [-0.05, 0) is 37.6 Å². The summed E-state index contributed by atoms with van der Waals surface area (Å²) in [6.07, 6.45) is 1.34. The highest BCUT2D eigenvalue weighted by atomic mass is 35.5. The maximum Gasteiger partial charge on any atom is 0.307 e. The molecule has 2 N–H and O–H groups in total. The number of phenolic OH excluding ortho intramolecular Hbond substituents is 1. The molecule has 0 spiro atoms. The van der Waals surface area contributed by atoms with Gasteiger partial charge in [-0.1, -0.05) is 11.6 Å². The Kier molecular flexibility index (Phi) is 4.48. The number of piperidine rings is 1. The zero-order valence-electron chi connectivity index (χ0n) is 10.8. The molecule has 1 heterocycles. The third-order valence-electron chi connectivity index (χ3n) is 3.57. The second-order valence-electron chi connectivity index (χ2n) is 4.91. The number of aliphatic carboxylic acids is 1. The summed E-state index contributed by atoms with van der Waals surface area (Å²) in [5.74, 6) is -1.32. The number of halogens is 1. The average Bonchev–Trinajstić information content (AvgIpc) is 2.44. The van der Waals surface area contributed by atoms with Gasteiger partial charge in [-0.2, -0.15) is 5.26 Å². The summed E-state index contributed by atoms with van der Waals surface area (Å²) in [5, 5.41) is 28.8. The van der Waals surface area contributed by atoms with Gasteiger partial charge in [0.15, 0.2) is 0 Å². The minimum Gasteiger partial charge on any atom is -0.508 e. The van der Waals surface area contributed by atoms with Crippen molar-refractivity contribution in [3.63, 3.8) is 0 Å². The first kappa shape index (κ1) is 14.6. The lowest BCUT2D eigenvalue weighted by atomic mass is 9.95. The molecule has 6 heteroatoms. The Morgan fingerprint density at radius 1 is 1.55 bits per heavy atom. The minimum absolute atomic E-state index is 0.00148. The van der Waals surface area contributed by atoms with Crippen LogP contribution >= 0.6 is 11.6 Å². The second-order valence-corrected chi connectivity index (χ2v) is 5.34. The van der Waals surface area contributed by atoms with Crippen molar-refractivity contribution in [1.82, 2.24) is 4.90 Å². The molecular formula is C14H15ClN2O3. The van der Waals surface area contributed by atoms with Crippen LogP contribution in [0.1, 0.15) is 24.4 Å². The lowest BCUT2D eigenvalue weighted by Gasteiger charge is -2.34. The van der Waals surface area contributed by atoms with Crippen molar-refractivity contribution in [2.24, 2.45) is 5.92 Å². The number of carbonyl (C=O) groups is 1. The van der Waals surface area contributed by atoms with Crippen LogP contribution in [0, 0.1) is 17.2 Å². The molecule has 106 valence electrons. The van der Waals surface area contributed by atoms with Gasteiger partial charge in [-0.15, -0.1) is 0 Å². The van der Waals surface area contributed by atoms with Crippen molar-refractivity contribution >= 4 is 17.6 Å². The van der Waals surface area contributed by atoms with E-state index < -0.39 is 17.9 Å². The largest absolute Gasteiger partial charge is 0.508 e. The number of nitrogens with zero attached hydrogens (tertiary/aromatic N) is 2. The van der Waals surface area contributed by atoms with Crippen molar-refractivity contribution in [1.29, 1.82) is 5.26 Å². The lowest BCUT2D eigenvalue weighted by Crippen LogP contribution is -2.40. The van der Waals surface area contributed by atoms with Crippen LogP contribution in [0.15, 0.2) is 18.2 Å². The van der Waals surface area contributed by atoms with Crippen LogP contribution < -0.4 is 0 Å². The molecule has 0 bridgehead atoms. The highest BCUT2D eigenvalue weighted by molar-refractivity contribution is 6.30. The number of hydrogen-bond acceptors (Lipinski definition) is 4. The predicted molar refractivity (Wildman–Crippen MR) is 73.4 cm³/mol. The molecule has 2 rings (SSSR count). The standard InChI is InChI=1S/C14H15ClN2O3/c15-10-3-4-13(18)11(6-10)12(7-16)17-5-1-2-9(8-17)14(19)20/h3-4,6,9,12,18H,1-2,5,8H2,(H,19,20). The molecule has 5 nitrogen and oxygen atoms in total. The Morgan fingerprint density at radius 2 is 2.30 bits per heavy atom. The van der Waals surface area contributed by atoms with E-state index >= 15 is 0 Å². The lowest BCUT2D eigenvalue weighted by molar-refractivity contribution is -0.143. The van der Waals surface area contributed by atoms with Gasteiger partial charge in [0.1, 0.15) is 11.8 Å². The number of aromatic hydroxyl groups is 1. The zero-order valence-corrected chi connectivity index (χ0v) is 11.5. The minimum atomic E-state index is -0.846. The Morgan fingerprint density at radius 3 is 2.95 bits per heavy atom. The van der Waals surface area contributed by atoms with Gasteiger partial charge in [0.05, 0.1) is 12.0 Å². The monoisotopic (exact) mass is 294 g/mol. The van der Waals surface area contributed by atoms with Gasteiger partial charge in [0, 0.05) is 17.1 Å². The van der Waals surface area contributed by atoms with E-state index in [0.717, 1.165) is 6.42 Å². The van der Waals surface area contributed by atoms with Gasteiger partial charge in [-0.3, -0.25) is 9.69 Å². The van der Waals surface area contributed by atoms with E-state index in [4.69, 9.17) is 16.7 Å². The first-order valence-corrected chi connectivity index (χ1v) is 6.75. The van der Waals surface area contributed by atoms with Gasteiger partial charge >= 0.3 is 5.97 Å². The summed E-state index contributed by atoms with van der Waals surface area (Å²) in [4.78, 5) is 12.9. The molecular weight excluding hydrogens is 280 g/mol. The molecule has 1 saturated heterocycles. The first-order chi connectivity index (χ1) is 9.52. The topological polar surface area (TPSA) is 84.6 Å². The van der Waals surface area contributed by atoms with Crippen LogP contribution in [-0.4, -0.2) is 34.2 Å². The van der Waals surface area contributed by atoms with Crippen LogP contribution in [0.4, 0.5) is 0 Å². The number of likely N-dealkylation sites (tertiary alicyclic amines) is 1. The summed E-state index contributed by atoms with van der Waals surface area (Å²) in [7, 11) is 0. The molecule has 0 amide bonds. The van der Waals surface area contributed by atoms with E-state index in [2.05, 4.69) is 6.07 Å². The molecule has 20 heavy (non-hydrogen) atoms. The fraction of sp³-hybridized carbons (Fsp3) is 0.429. The number of carboxylic acids is 1. The third kappa shape index (κ3) is 3.03. The van der Waals surface area contributed by atoms with Crippen LogP contribution in [0.3, 0.4) is 0 Å². The van der Waals surface area contributed by atoms with Crippen LogP contribution in [0.2, 0.25) is 5.02 Å². The first-order valence-electron chi connectivity index (χ1n) is 6.38. The van der Waals surface area contributed by atoms with E-state index in [1.807, 2.05) is 0 Å². The van der Waals surface area contributed by atoms with Crippen LogP contribution in [-0.2, 0) is 4.79 Å². The summed E-state index contributed by atoms with van der Waals surface area (Å²) in [6, 6.07) is 5.99. The number of phenols is 1. The number of carboxylic acid groups (broad SMARTS) is 1. The molecule has 0 aromatic heterocycles. The fourth-order valence-corrected chi connectivity index (χ4v) is 2.72. The van der Waals surface area contributed by atoms with Crippen LogP contribution in [0.25, 0.3) is 0 Å². The Hall–Kier alpha value is -1.77. The molecule has 1 aliphatic heterocycles. The van der Waals surface area contributed by atoms with Crippen molar-refractivity contribution in [2.45, 2.75) is 18.9 Å². The second kappa shape index (κ2) is 6.12. The highest BCUT2D eigenvalue weighted by Crippen LogP contribution is 2.33. The van der Waals surface area contributed by atoms with Gasteiger partial charge in [-0.25, -0.2) is 0 Å². The van der Waals surface area contributed by atoms with Crippen LogP contribution in [0.5, 0.6) is 5.75 Å². The van der Waals surface area contributed by atoms with E-state index in [-0.39, 0.29) is 5.75 Å². The number of rotatable bonds is 3. The highest BCUT2D eigenvalue weighted by Gasteiger charge is 2.31. The normalized spacial score (nSPS) is 21.1.